The summed E-state index contributed by atoms with van der Waals surface area (Å²) in [6.07, 6.45) is 0.647. The van der Waals surface area contributed by atoms with Crippen molar-refractivity contribution in [3.05, 3.63) is 112 Å². The second kappa shape index (κ2) is 8.64. The number of carbonyl (C=O) groups excluding carboxylic acids is 2. The van der Waals surface area contributed by atoms with Gasteiger partial charge >= 0.3 is 5.97 Å². The number of hydrogen-bond acceptors (Lipinski definition) is 7. The largest absolute Gasteiger partial charge is 0.508 e. The van der Waals surface area contributed by atoms with Crippen LogP contribution >= 0.6 is 0 Å². The smallest absolute Gasteiger partial charge is 0.340 e. The first kappa shape index (κ1) is 23.6. The summed E-state index contributed by atoms with van der Waals surface area (Å²) >= 11 is 0. The number of carbonyl (C=O) groups is 2. The van der Waals surface area contributed by atoms with E-state index < -0.39 is 11.6 Å². The first-order valence-corrected chi connectivity index (χ1v) is 12.1. The number of anilines is 1. The van der Waals surface area contributed by atoms with Crippen molar-refractivity contribution < 1.29 is 29.3 Å². The van der Waals surface area contributed by atoms with Gasteiger partial charge in [0.2, 0.25) is 0 Å². The van der Waals surface area contributed by atoms with Crippen molar-refractivity contribution in [1.82, 2.24) is 0 Å². The average Bonchev–Trinajstić information content (AvgIpc) is 3.15. The third kappa shape index (κ3) is 3.74. The molecule has 5 N–H and O–H groups in total. The number of rotatable bonds is 4. The van der Waals surface area contributed by atoms with Gasteiger partial charge in [-0.3, -0.25) is 4.79 Å². The summed E-state index contributed by atoms with van der Waals surface area (Å²) in [7, 11) is 0. The quantitative estimate of drug-likeness (QED) is 0.291. The third-order valence-corrected chi connectivity index (χ3v) is 6.78. The molecule has 1 unspecified atom stereocenters. The third-order valence-electron chi connectivity index (χ3n) is 6.78. The number of phenols is 2. The highest BCUT2D eigenvalue weighted by Gasteiger charge is 2.53. The maximum Gasteiger partial charge on any atom is 0.340 e. The van der Waals surface area contributed by atoms with E-state index in [1.165, 1.54) is 24.3 Å². The number of fused-ring (bicyclic) bond motifs is 6. The Labute approximate surface area is 218 Å². The topological polar surface area (TPSA) is 131 Å². The van der Waals surface area contributed by atoms with Gasteiger partial charge in [0.05, 0.1) is 5.56 Å². The van der Waals surface area contributed by atoms with Gasteiger partial charge in [-0.05, 0) is 73.5 Å². The Morgan fingerprint density at radius 2 is 1.61 bits per heavy atom. The number of phenolic OH excluding ortho intramolecular Hbond substituents is 2. The highest BCUT2D eigenvalue weighted by atomic mass is 16.6. The van der Waals surface area contributed by atoms with E-state index in [1.807, 2.05) is 25.1 Å². The molecule has 0 fully saturated rings. The molecule has 1 amide bonds. The molecule has 190 valence electrons. The lowest BCUT2D eigenvalue weighted by molar-refractivity contribution is 0.0224. The van der Waals surface area contributed by atoms with Crippen LogP contribution in [0.15, 0.2) is 78.9 Å². The molecule has 0 saturated carbocycles. The molecule has 0 bridgehead atoms. The zero-order chi connectivity index (χ0) is 26.6. The fourth-order valence-corrected chi connectivity index (χ4v) is 5.19. The fourth-order valence-electron chi connectivity index (χ4n) is 5.19. The summed E-state index contributed by atoms with van der Waals surface area (Å²) in [5, 5.41) is 23.1. The number of hydrogen-bond donors (Lipinski definition) is 4. The molecule has 2 aliphatic rings. The van der Waals surface area contributed by atoms with E-state index in [-0.39, 0.29) is 34.9 Å². The summed E-state index contributed by atoms with van der Waals surface area (Å²) in [6, 6.07) is 21.3. The Balaban J connectivity index is 1.45. The Hall–Kier alpha value is -4.82. The van der Waals surface area contributed by atoms with Crippen molar-refractivity contribution >= 4 is 17.6 Å². The van der Waals surface area contributed by atoms with Gasteiger partial charge in [0.1, 0.15) is 23.0 Å². The molecule has 8 heteroatoms. The molecule has 4 aromatic carbocycles. The molecule has 38 heavy (non-hydrogen) atoms. The first-order valence-electron chi connectivity index (χ1n) is 12.1. The highest BCUT2D eigenvalue weighted by Crippen LogP contribution is 2.57. The summed E-state index contributed by atoms with van der Waals surface area (Å²) in [6.45, 7) is 1.91. The molecule has 6 rings (SSSR count). The lowest BCUT2D eigenvalue weighted by Gasteiger charge is -2.36. The Morgan fingerprint density at radius 1 is 0.921 bits per heavy atom. The van der Waals surface area contributed by atoms with E-state index in [9.17, 15) is 19.8 Å². The van der Waals surface area contributed by atoms with Crippen LogP contribution in [0.1, 0.15) is 49.9 Å². The Kier molecular flexibility index (Phi) is 5.36. The van der Waals surface area contributed by atoms with Crippen molar-refractivity contribution in [2.45, 2.75) is 25.0 Å². The predicted octanol–water partition coefficient (Wildman–Crippen LogP) is 4.81. The van der Waals surface area contributed by atoms with E-state index in [1.54, 1.807) is 36.4 Å². The van der Waals surface area contributed by atoms with Crippen LogP contribution in [0, 0.1) is 0 Å². The second-order valence-corrected chi connectivity index (χ2v) is 9.63. The Morgan fingerprint density at radius 3 is 2.26 bits per heavy atom. The SMILES string of the molecule is CC(N)Cc1cccc(C(=O)Nc2ccc3c(c2)C2(OC3=O)c3ccc(O)cc3Oc3cc(O)ccc32)c1. The molecule has 8 nitrogen and oxygen atoms in total. The average molecular weight is 509 g/mol. The molecule has 0 aromatic heterocycles. The molecular formula is C30H24N2O6. The van der Waals surface area contributed by atoms with Crippen LogP contribution in [-0.2, 0) is 16.8 Å². The van der Waals surface area contributed by atoms with Gasteiger partial charge in [0.15, 0.2) is 5.60 Å². The van der Waals surface area contributed by atoms with Crippen LogP contribution in [0.4, 0.5) is 5.69 Å². The zero-order valence-corrected chi connectivity index (χ0v) is 20.4. The number of ether oxygens (including phenoxy) is 2. The summed E-state index contributed by atoms with van der Waals surface area (Å²) < 4.78 is 12.1. The van der Waals surface area contributed by atoms with Crippen LogP contribution < -0.4 is 15.8 Å². The van der Waals surface area contributed by atoms with Crippen molar-refractivity contribution in [3.8, 4) is 23.0 Å². The van der Waals surface area contributed by atoms with Gasteiger partial charge in [-0.1, -0.05) is 12.1 Å². The van der Waals surface area contributed by atoms with Crippen LogP contribution in [-0.4, -0.2) is 28.1 Å². The maximum absolute atomic E-state index is 13.1. The van der Waals surface area contributed by atoms with E-state index in [4.69, 9.17) is 15.2 Å². The van der Waals surface area contributed by atoms with Gasteiger partial charge in [0.25, 0.3) is 5.91 Å². The molecule has 0 saturated heterocycles. The summed E-state index contributed by atoms with van der Waals surface area (Å²) in [5.41, 5.74) is 8.28. The Bertz CT molecular complexity index is 1580. The lowest BCUT2D eigenvalue weighted by atomic mass is 9.77. The predicted molar refractivity (Wildman–Crippen MR) is 140 cm³/mol. The highest BCUT2D eigenvalue weighted by molar-refractivity contribution is 6.05. The zero-order valence-electron chi connectivity index (χ0n) is 20.4. The van der Waals surface area contributed by atoms with Crippen molar-refractivity contribution in [2.75, 3.05) is 5.32 Å². The molecule has 1 spiro atoms. The number of nitrogens with two attached hydrogens (primary N) is 1. The normalized spacial score (nSPS) is 15.1. The standard InChI is InChI=1S/C30H24N2O6/c1-16(31)11-17-3-2-4-18(12-17)28(35)32-19-5-8-22-25(13-19)30(38-29(22)36)23-9-6-20(33)14-26(23)37-27-15-21(34)7-10-24(27)30/h2-10,12-16,33-34H,11,31H2,1H3,(H,32,35). The molecule has 1 atom stereocenters. The molecule has 0 radical (unpaired) electrons. The lowest BCUT2D eigenvalue weighted by Crippen LogP contribution is -2.33. The minimum atomic E-state index is -1.41. The van der Waals surface area contributed by atoms with Gasteiger partial charge < -0.3 is 30.7 Å². The minimum Gasteiger partial charge on any atom is -0.508 e. The molecule has 2 heterocycles. The van der Waals surface area contributed by atoms with E-state index in [0.717, 1.165) is 5.56 Å². The van der Waals surface area contributed by atoms with Gasteiger partial charge in [-0.2, -0.15) is 0 Å². The van der Waals surface area contributed by atoms with Crippen LogP contribution in [0.2, 0.25) is 0 Å². The number of benzene rings is 4. The minimum absolute atomic E-state index is 0.0284. The van der Waals surface area contributed by atoms with Gasteiger partial charge in [-0.25, -0.2) is 4.79 Å². The number of amides is 1. The van der Waals surface area contributed by atoms with Crippen molar-refractivity contribution in [3.63, 3.8) is 0 Å². The van der Waals surface area contributed by atoms with Crippen LogP contribution in [0.25, 0.3) is 0 Å². The molecule has 0 aliphatic carbocycles. The monoisotopic (exact) mass is 508 g/mol. The van der Waals surface area contributed by atoms with E-state index in [0.29, 0.717) is 39.9 Å². The number of nitrogens with one attached hydrogen (secondary N) is 1. The molecular weight excluding hydrogens is 484 g/mol. The van der Waals surface area contributed by atoms with Crippen LogP contribution in [0.5, 0.6) is 23.0 Å². The fraction of sp³-hybridized carbons (Fsp3) is 0.133. The van der Waals surface area contributed by atoms with E-state index in [2.05, 4.69) is 5.32 Å². The van der Waals surface area contributed by atoms with Gasteiger partial charge in [-0.15, -0.1) is 0 Å². The van der Waals surface area contributed by atoms with E-state index >= 15 is 0 Å². The molecule has 2 aliphatic heterocycles. The second-order valence-electron chi connectivity index (χ2n) is 9.63. The molecule has 4 aromatic rings. The number of esters is 1. The summed E-state index contributed by atoms with van der Waals surface area (Å²) in [4.78, 5) is 26.3. The van der Waals surface area contributed by atoms with Gasteiger partial charge in [0, 0.05) is 46.1 Å². The van der Waals surface area contributed by atoms with Crippen LogP contribution in [0.3, 0.4) is 0 Å². The summed E-state index contributed by atoms with van der Waals surface area (Å²) in [5.74, 6) is -0.341. The maximum atomic E-state index is 13.1. The number of aromatic hydroxyl groups is 2. The van der Waals surface area contributed by atoms with Crippen molar-refractivity contribution in [2.24, 2.45) is 5.73 Å². The van der Waals surface area contributed by atoms with Crippen molar-refractivity contribution in [1.29, 1.82) is 0 Å². The first-order chi connectivity index (χ1) is 18.2.